The van der Waals surface area contributed by atoms with Crippen LogP contribution in [-0.4, -0.2) is 46.1 Å². The zero-order valence-electron chi connectivity index (χ0n) is 47.4. The first-order valence-electron chi connectivity index (χ1n) is 31.8. The highest BCUT2D eigenvalue weighted by Gasteiger charge is 2.22. The number of amides is 1. The molecule has 3 atom stereocenters. The second kappa shape index (κ2) is 60.1. The summed E-state index contributed by atoms with van der Waals surface area (Å²) >= 11 is 0. The van der Waals surface area contributed by atoms with E-state index in [-0.39, 0.29) is 6.61 Å². The Morgan fingerprint density at radius 3 is 0.871 bits per heavy atom. The summed E-state index contributed by atoms with van der Waals surface area (Å²) in [5.41, 5.74) is 0. The molecule has 0 aliphatic carbocycles. The quantitative estimate of drug-likeness (QED) is 0.0361. The maximum absolute atomic E-state index is 12.6. The Bertz CT molecular complexity index is 1090. The molecular weight excluding hydrogens is 859 g/mol. The van der Waals surface area contributed by atoms with E-state index in [1.165, 1.54) is 289 Å². The van der Waals surface area contributed by atoms with Crippen LogP contribution in [0.25, 0.3) is 0 Å². The molecule has 414 valence electrons. The number of hydrogen-bond donors (Lipinski definition) is 4. The lowest BCUT2D eigenvalue weighted by Crippen LogP contribution is -2.48. The molecule has 0 rings (SSSR count). The first-order valence-corrected chi connectivity index (χ1v) is 31.8. The van der Waals surface area contributed by atoms with E-state index in [1.807, 2.05) is 6.08 Å². The van der Waals surface area contributed by atoms with E-state index in [9.17, 15) is 20.1 Å². The summed E-state index contributed by atoms with van der Waals surface area (Å²) < 4.78 is 0. The Labute approximate surface area is 438 Å². The Morgan fingerprint density at radius 2 is 0.586 bits per heavy atom. The number of nitrogens with one attached hydrogen (secondary N) is 1. The van der Waals surface area contributed by atoms with E-state index < -0.39 is 24.2 Å². The van der Waals surface area contributed by atoms with Gasteiger partial charge in [-0.25, -0.2) is 0 Å². The lowest BCUT2D eigenvalue weighted by atomic mass is 10.0. The lowest BCUT2D eigenvalue weighted by Gasteiger charge is -2.21. The largest absolute Gasteiger partial charge is 0.394 e. The van der Waals surface area contributed by atoms with Crippen LogP contribution in [0.1, 0.15) is 348 Å². The predicted octanol–water partition coefficient (Wildman–Crippen LogP) is 20.2. The summed E-state index contributed by atoms with van der Waals surface area (Å²) in [6.07, 6.45) is 79.9. The second-order valence-electron chi connectivity index (χ2n) is 22.0. The van der Waals surface area contributed by atoms with E-state index in [4.69, 9.17) is 0 Å². The number of hydrogen-bond acceptors (Lipinski definition) is 4. The molecule has 0 aromatic carbocycles. The predicted molar refractivity (Wildman–Crippen MR) is 310 cm³/mol. The Hall–Kier alpha value is -1.43. The van der Waals surface area contributed by atoms with Crippen molar-refractivity contribution in [2.75, 3.05) is 6.61 Å². The zero-order chi connectivity index (χ0) is 50.7. The molecule has 0 heterocycles. The van der Waals surface area contributed by atoms with Crippen LogP contribution in [-0.2, 0) is 4.79 Å². The molecule has 3 unspecified atom stereocenters. The van der Waals surface area contributed by atoms with Crippen LogP contribution in [0.4, 0.5) is 0 Å². The molecule has 0 aromatic rings. The molecule has 5 heteroatoms. The molecular formula is C65H125NO4. The standard InChI is InChI=1S/C65H125NO4/c1-3-5-7-9-11-13-15-17-19-21-23-24-25-26-27-28-29-30-31-32-33-34-35-36-37-38-39-40-41-42-44-46-48-50-52-54-56-58-60-64(69)65(70)66-62(61-67)63(68)59-57-55-53-51-49-47-45-43-22-20-18-16-14-12-10-8-6-4-2/h32-33,49,51,57,59,62-64,67-69H,3-31,34-48,50,52-56,58,60-61H2,1-2H3,(H,66,70)/b33-32-,51-49+,59-57+. The number of allylic oxidation sites excluding steroid dienone is 5. The molecule has 0 fully saturated rings. The van der Waals surface area contributed by atoms with Gasteiger partial charge in [-0.15, -0.1) is 0 Å². The summed E-state index contributed by atoms with van der Waals surface area (Å²) in [7, 11) is 0. The van der Waals surface area contributed by atoms with E-state index in [0.29, 0.717) is 6.42 Å². The molecule has 70 heavy (non-hydrogen) atoms. The minimum absolute atomic E-state index is 0.374. The van der Waals surface area contributed by atoms with E-state index in [0.717, 1.165) is 38.5 Å². The van der Waals surface area contributed by atoms with Gasteiger partial charge in [-0.1, -0.05) is 326 Å². The van der Waals surface area contributed by atoms with Crippen molar-refractivity contribution in [2.24, 2.45) is 0 Å². The van der Waals surface area contributed by atoms with Gasteiger partial charge in [0.2, 0.25) is 5.91 Å². The highest BCUT2D eigenvalue weighted by atomic mass is 16.3. The van der Waals surface area contributed by atoms with Crippen LogP contribution >= 0.6 is 0 Å². The third-order valence-corrected chi connectivity index (χ3v) is 15.0. The van der Waals surface area contributed by atoms with Crippen molar-refractivity contribution in [2.45, 2.75) is 366 Å². The Morgan fingerprint density at radius 1 is 0.343 bits per heavy atom. The van der Waals surface area contributed by atoms with E-state index in [2.05, 4.69) is 43.5 Å². The third kappa shape index (κ3) is 54.3. The number of aliphatic hydroxyl groups is 3. The van der Waals surface area contributed by atoms with Gasteiger partial charge in [0, 0.05) is 0 Å². The highest BCUT2D eigenvalue weighted by Crippen LogP contribution is 2.18. The Balaban J connectivity index is 3.49. The molecule has 0 aliphatic rings. The minimum Gasteiger partial charge on any atom is -0.394 e. The van der Waals surface area contributed by atoms with Crippen LogP contribution in [0.5, 0.6) is 0 Å². The van der Waals surface area contributed by atoms with Crippen molar-refractivity contribution < 1.29 is 20.1 Å². The van der Waals surface area contributed by atoms with Gasteiger partial charge in [0.1, 0.15) is 6.10 Å². The van der Waals surface area contributed by atoms with Crippen molar-refractivity contribution in [3.63, 3.8) is 0 Å². The number of unbranched alkanes of at least 4 members (excludes halogenated alkanes) is 47. The van der Waals surface area contributed by atoms with Crippen molar-refractivity contribution >= 4 is 5.91 Å². The summed E-state index contributed by atoms with van der Waals surface area (Å²) in [5.74, 6) is -0.508. The van der Waals surface area contributed by atoms with Crippen LogP contribution in [0, 0.1) is 0 Å². The van der Waals surface area contributed by atoms with Crippen LogP contribution in [0.3, 0.4) is 0 Å². The summed E-state index contributed by atoms with van der Waals surface area (Å²) in [6, 6.07) is -0.814. The van der Waals surface area contributed by atoms with Crippen molar-refractivity contribution in [3.8, 4) is 0 Å². The van der Waals surface area contributed by atoms with Crippen molar-refractivity contribution in [3.05, 3.63) is 36.5 Å². The van der Waals surface area contributed by atoms with Gasteiger partial charge in [-0.3, -0.25) is 4.79 Å². The molecule has 4 N–H and O–H groups in total. The SMILES string of the molecule is CCCCCCCCCCCCCC/C=C/CC/C=C/C(O)C(CO)NC(=O)C(O)CCCCCCCCCCCCCCCCCC/C=C\CCCCCCCCCCCCCCCCCCCC. The molecule has 0 saturated carbocycles. The maximum Gasteiger partial charge on any atom is 0.249 e. The number of aliphatic hydroxyl groups excluding tert-OH is 3. The van der Waals surface area contributed by atoms with Gasteiger partial charge in [-0.05, 0) is 57.8 Å². The first kappa shape index (κ1) is 68.6. The molecule has 0 aromatic heterocycles. The fourth-order valence-electron chi connectivity index (χ4n) is 10.0. The topological polar surface area (TPSA) is 89.8 Å². The fourth-order valence-corrected chi connectivity index (χ4v) is 10.0. The lowest BCUT2D eigenvalue weighted by molar-refractivity contribution is -0.131. The monoisotopic (exact) mass is 984 g/mol. The van der Waals surface area contributed by atoms with Crippen molar-refractivity contribution in [1.82, 2.24) is 5.32 Å². The van der Waals surface area contributed by atoms with E-state index in [1.54, 1.807) is 6.08 Å². The third-order valence-electron chi connectivity index (χ3n) is 15.0. The van der Waals surface area contributed by atoms with Crippen LogP contribution in [0.15, 0.2) is 36.5 Å². The number of carbonyl (C=O) groups excluding carboxylic acids is 1. The summed E-state index contributed by atoms with van der Waals surface area (Å²) in [5, 5.41) is 33.4. The molecule has 0 radical (unpaired) electrons. The van der Waals surface area contributed by atoms with Gasteiger partial charge in [-0.2, -0.15) is 0 Å². The van der Waals surface area contributed by atoms with Gasteiger partial charge < -0.3 is 20.6 Å². The van der Waals surface area contributed by atoms with Crippen molar-refractivity contribution in [1.29, 1.82) is 0 Å². The van der Waals surface area contributed by atoms with Gasteiger partial charge in [0.25, 0.3) is 0 Å². The zero-order valence-corrected chi connectivity index (χ0v) is 47.4. The second-order valence-corrected chi connectivity index (χ2v) is 22.0. The Kier molecular flexibility index (Phi) is 58.9. The van der Waals surface area contributed by atoms with Gasteiger partial charge in [0.05, 0.1) is 18.8 Å². The van der Waals surface area contributed by atoms with E-state index >= 15 is 0 Å². The normalized spacial score (nSPS) is 13.4. The molecule has 0 spiro atoms. The summed E-state index contributed by atoms with van der Waals surface area (Å²) in [4.78, 5) is 12.6. The molecule has 0 bridgehead atoms. The average molecular weight is 985 g/mol. The molecule has 0 aliphatic heterocycles. The molecule has 1 amide bonds. The number of carbonyl (C=O) groups is 1. The fraction of sp³-hybridized carbons (Fsp3) is 0.892. The van der Waals surface area contributed by atoms with Gasteiger partial charge in [0.15, 0.2) is 0 Å². The first-order chi connectivity index (χ1) is 34.6. The number of rotatable bonds is 59. The molecule has 0 saturated heterocycles. The minimum atomic E-state index is -1.11. The summed E-state index contributed by atoms with van der Waals surface area (Å²) in [6.45, 7) is 4.21. The average Bonchev–Trinajstić information content (AvgIpc) is 3.36. The maximum atomic E-state index is 12.6. The van der Waals surface area contributed by atoms with Crippen LogP contribution < -0.4 is 5.32 Å². The van der Waals surface area contributed by atoms with Gasteiger partial charge >= 0.3 is 0 Å². The van der Waals surface area contributed by atoms with Crippen LogP contribution in [0.2, 0.25) is 0 Å². The highest BCUT2D eigenvalue weighted by molar-refractivity contribution is 5.80. The smallest absolute Gasteiger partial charge is 0.249 e. The molecule has 5 nitrogen and oxygen atoms in total.